The predicted molar refractivity (Wildman–Crippen MR) is 93.3 cm³/mol. The number of hydrogen-bond donors (Lipinski definition) is 1. The largest absolute Gasteiger partial charge is 0.321 e. The Labute approximate surface area is 141 Å². The van der Waals surface area contributed by atoms with E-state index in [4.69, 9.17) is 0 Å². The summed E-state index contributed by atoms with van der Waals surface area (Å²) in [6, 6.07) is 11.3. The third-order valence-corrected chi connectivity index (χ3v) is 3.65. The summed E-state index contributed by atoms with van der Waals surface area (Å²) in [6.07, 6.45) is 4.44. The van der Waals surface area contributed by atoms with Crippen molar-refractivity contribution in [3.05, 3.63) is 60.2 Å². The Kier molecular flexibility index (Phi) is 4.46. The number of carbonyl (C=O) groups is 1. The molecule has 2 aromatic heterocycles. The molecule has 3 rings (SSSR count). The number of rotatable bonds is 5. The Morgan fingerprint density at radius 3 is 2.79 bits per heavy atom. The molecule has 0 saturated carbocycles. The SMILES string of the molecule is CC(C)Cc1cc(C(=O)Nc2cccc(-n3cccn3)c2)n(C)n1. The Morgan fingerprint density at radius 2 is 2.08 bits per heavy atom. The zero-order chi connectivity index (χ0) is 17.1. The van der Waals surface area contributed by atoms with Gasteiger partial charge in [0.15, 0.2) is 0 Å². The van der Waals surface area contributed by atoms with E-state index in [1.54, 1.807) is 22.6 Å². The van der Waals surface area contributed by atoms with Crippen molar-refractivity contribution in [2.75, 3.05) is 5.32 Å². The molecule has 0 atom stereocenters. The lowest BCUT2D eigenvalue weighted by molar-refractivity contribution is 0.101. The molecule has 0 spiro atoms. The van der Waals surface area contributed by atoms with E-state index in [0.29, 0.717) is 11.6 Å². The maximum Gasteiger partial charge on any atom is 0.273 e. The summed E-state index contributed by atoms with van der Waals surface area (Å²) in [4.78, 5) is 12.5. The number of hydrogen-bond acceptors (Lipinski definition) is 3. The fraction of sp³-hybridized carbons (Fsp3) is 0.278. The van der Waals surface area contributed by atoms with Gasteiger partial charge in [0.2, 0.25) is 0 Å². The van der Waals surface area contributed by atoms with Gasteiger partial charge in [-0.2, -0.15) is 10.2 Å². The van der Waals surface area contributed by atoms with Crippen molar-refractivity contribution >= 4 is 11.6 Å². The molecule has 0 aliphatic rings. The second-order valence-corrected chi connectivity index (χ2v) is 6.20. The lowest BCUT2D eigenvalue weighted by atomic mass is 10.1. The van der Waals surface area contributed by atoms with Crippen LogP contribution in [0.3, 0.4) is 0 Å². The van der Waals surface area contributed by atoms with Crippen LogP contribution in [-0.4, -0.2) is 25.5 Å². The highest BCUT2D eigenvalue weighted by Crippen LogP contribution is 2.16. The van der Waals surface area contributed by atoms with Crippen LogP contribution in [0.4, 0.5) is 5.69 Å². The van der Waals surface area contributed by atoms with E-state index >= 15 is 0 Å². The van der Waals surface area contributed by atoms with Gasteiger partial charge in [0.25, 0.3) is 5.91 Å². The van der Waals surface area contributed by atoms with Crippen molar-refractivity contribution in [2.24, 2.45) is 13.0 Å². The molecule has 0 saturated heterocycles. The quantitative estimate of drug-likeness (QED) is 0.785. The maximum atomic E-state index is 12.5. The number of aryl methyl sites for hydroxylation is 1. The van der Waals surface area contributed by atoms with E-state index in [1.807, 2.05) is 42.6 Å². The monoisotopic (exact) mass is 323 g/mol. The highest BCUT2D eigenvalue weighted by atomic mass is 16.2. The van der Waals surface area contributed by atoms with Crippen LogP contribution in [0.5, 0.6) is 0 Å². The molecule has 3 aromatic rings. The van der Waals surface area contributed by atoms with Gasteiger partial charge in [0.05, 0.1) is 11.4 Å². The molecule has 6 heteroatoms. The van der Waals surface area contributed by atoms with Crippen LogP contribution in [0.2, 0.25) is 0 Å². The molecule has 1 N–H and O–H groups in total. The third-order valence-electron chi connectivity index (χ3n) is 3.65. The van der Waals surface area contributed by atoms with Crippen molar-refractivity contribution in [1.82, 2.24) is 19.6 Å². The van der Waals surface area contributed by atoms with Crippen LogP contribution in [0.25, 0.3) is 5.69 Å². The van der Waals surface area contributed by atoms with Crippen LogP contribution in [-0.2, 0) is 13.5 Å². The number of amides is 1. The van der Waals surface area contributed by atoms with E-state index in [1.165, 1.54) is 0 Å². The highest BCUT2D eigenvalue weighted by molar-refractivity contribution is 6.03. The molecule has 24 heavy (non-hydrogen) atoms. The molecule has 124 valence electrons. The van der Waals surface area contributed by atoms with Crippen molar-refractivity contribution < 1.29 is 4.79 Å². The van der Waals surface area contributed by atoms with Gasteiger partial charge < -0.3 is 5.32 Å². The first-order valence-corrected chi connectivity index (χ1v) is 7.97. The molecule has 6 nitrogen and oxygen atoms in total. The van der Waals surface area contributed by atoms with Crippen LogP contribution in [0.15, 0.2) is 48.8 Å². The molecular formula is C18H21N5O. The van der Waals surface area contributed by atoms with Crippen molar-refractivity contribution in [1.29, 1.82) is 0 Å². The van der Waals surface area contributed by atoms with Gasteiger partial charge in [0.1, 0.15) is 5.69 Å². The number of carbonyl (C=O) groups excluding carboxylic acids is 1. The van der Waals surface area contributed by atoms with Crippen LogP contribution < -0.4 is 5.32 Å². The summed E-state index contributed by atoms with van der Waals surface area (Å²) in [5, 5.41) is 11.5. The third kappa shape index (κ3) is 3.53. The van der Waals surface area contributed by atoms with E-state index in [0.717, 1.165) is 23.5 Å². The zero-order valence-electron chi connectivity index (χ0n) is 14.1. The number of nitrogens with zero attached hydrogens (tertiary/aromatic N) is 4. The van der Waals surface area contributed by atoms with Gasteiger partial charge in [-0.05, 0) is 42.7 Å². The lowest BCUT2D eigenvalue weighted by Crippen LogP contribution is -2.16. The second kappa shape index (κ2) is 6.70. The first-order chi connectivity index (χ1) is 11.5. The van der Waals surface area contributed by atoms with Gasteiger partial charge in [-0.3, -0.25) is 9.48 Å². The minimum Gasteiger partial charge on any atom is -0.321 e. The standard InChI is InChI=1S/C18H21N5O/c1-13(2)10-15-12-17(22(3)21-15)18(24)20-14-6-4-7-16(11-14)23-9-5-8-19-23/h4-9,11-13H,10H2,1-3H3,(H,20,24). The van der Waals surface area contributed by atoms with E-state index in [-0.39, 0.29) is 5.91 Å². The van der Waals surface area contributed by atoms with E-state index in [9.17, 15) is 4.79 Å². The maximum absolute atomic E-state index is 12.5. The minimum atomic E-state index is -0.169. The fourth-order valence-corrected chi connectivity index (χ4v) is 2.60. The first kappa shape index (κ1) is 16.0. The Bertz CT molecular complexity index is 833. The molecule has 0 unspecified atom stereocenters. The predicted octanol–water partition coefficient (Wildman–Crippen LogP) is 3.06. The summed E-state index contributed by atoms with van der Waals surface area (Å²) in [7, 11) is 1.79. The van der Waals surface area contributed by atoms with Gasteiger partial charge in [-0.15, -0.1) is 0 Å². The Balaban J connectivity index is 1.78. The van der Waals surface area contributed by atoms with Gasteiger partial charge in [-0.1, -0.05) is 19.9 Å². The van der Waals surface area contributed by atoms with Crippen LogP contribution in [0.1, 0.15) is 30.0 Å². The molecule has 0 radical (unpaired) electrons. The summed E-state index contributed by atoms with van der Waals surface area (Å²) < 4.78 is 3.38. The van der Waals surface area contributed by atoms with E-state index in [2.05, 4.69) is 29.4 Å². The summed E-state index contributed by atoms with van der Waals surface area (Å²) in [5.74, 6) is 0.333. The smallest absolute Gasteiger partial charge is 0.273 e. The number of anilines is 1. The van der Waals surface area contributed by atoms with Gasteiger partial charge >= 0.3 is 0 Å². The summed E-state index contributed by atoms with van der Waals surface area (Å²) in [6.45, 7) is 4.27. The molecule has 0 aliphatic carbocycles. The normalized spacial score (nSPS) is 11.0. The van der Waals surface area contributed by atoms with Gasteiger partial charge in [0, 0.05) is 25.1 Å². The topological polar surface area (TPSA) is 64.7 Å². The number of aromatic nitrogens is 4. The number of benzene rings is 1. The zero-order valence-corrected chi connectivity index (χ0v) is 14.1. The molecule has 2 heterocycles. The van der Waals surface area contributed by atoms with Crippen molar-refractivity contribution in [3.63, 3.8) is 0 Å². The lowest BCUT2D eigenvalue weighted by Gasteiger charge is -2.07. The molecule has 0 aliphatic heterocycles. The van der Waals surface area contributed by atoms with Crippen molar-refractivity contribution in [2.45, 2.75) is 20.3 Å². The van der Waals surface area contributed by atoms with Crippen LogP contribution in [0, 0.1) is 5.92 Å². The first-order valence-electron chi connectivity index (χ1n) is 7.97. The van der Waals surface area contributed by atoms with Gasteiger partial charge in [-0.25, -0.2) is 4.68 Å². The summed E-state index contributed by atoms with van der Waals surface area (Å²) in [5.41, 5.74) is 3.10. The molecule has 1 amide bonds. The average Bonchev–Trinajstić information content (AvgIpc) is 3.17. The highest BCUT2D eigenvalue weighted by Gasteiger charge is 2.14. The van der Waals surface area contributed by atoms with Crippen molar-refractivity contribution in [3.8, 4) is 5.69 Å². The number of nitrogens with one attached hydrogen (secondary N) is 1. The molecule has 0 fully saturated rings. The average molecular weight is 323 g/mol. The molecular weight excluding hydrogens is 302 g/mol. The Morgan fingerprint density at radius 1 is 1.25 bits per heavy atom. The Hall–Kier alpha value is -2.89. The second-order valence-electron chi connectivity index (χ2n) is 6.20. The van der Waals surface area contributed by atoms with Crippen LogP contribution >= 0.6 is 0 Å². The summed E-state index contributed by atoms with van der Waals surface area (Å²) >= 11 is 0. The fourth-order valence-electron chi connectivity index (χ4n) is 2.60. The molecule has 0 bridgehead atoms. The molecule has 1 aromatic carbocycles. The minimum absolute atomic E-state index is 0.169. The van der Waals surface area contributed by atoms with E-state index < -0.39 is 0 Å².